The number of hydrogen-bond acceptors (Lipinski definition) is 6. The van der Waals surface area contributed by atoms with Crippen LogP contribution in [0.5, 0.6) is 0 Å². The zero-order chi connectivity index (χ0) is 15.9. The number of ether oxygens (including phenoxy) is 2. The van der Waals surface area contributed by atoms with Crippen molar-refractivity contribution in [1.29, 1.82) is 0 Å². The Kier molecular flexibility index (Phi) is 5.91. The first-order valence-electron chi connectivity index (χ1n) is 7.41. The molecular weight excluding hydrogens is 288 g/mol. The smallest absolute Gasteiger partial charge is 0.356 e. The van der Waals surface area contributed by atoms with E-state index >= 15 is 0 Å². The summed E-state index contributed by atoms with van der Waals surface area (Å²) in [5.74, 6) is -0.774. The normalized spacial score (nSPS) is 15.5. The van der Waals surface area contributed by atoms with Gasteiger partial charge in [-0.1, -0.05) is 0 Å². The summed E-state index contributed by atoms with van der Waals surface area (Å²) >= 11 is 0. The summed E-state index contributed by atoms with van der Waals surface area (Å²) in [6.45, 7) is 6.54. The summed E-state index contributed by atoms with van der Waals surface area (Å²) in [4.78, 5) is 26.0. The number of morpholine rings is 1. The Morgan fingerprint density at radius 3 is 2.82 bits per heavy atom. The van der Waals surface area contributed by atoms with Crippen LogP contribution in [0.4, 0.5) is 0 Å². The Bertz CT molecular complexity index is 523. The van der Waals surface area contributed by atoms with Crippen LogP contribution in [0.3, 0.4) is 0 Å². The zero-order valence-electron chi connectivity index (χ0n) is 13.0. The van der Waals surface area contributed by atoms with Gasteiger partial charge in [-0.3, -0.25) is 14.4 Å². The fourth-order valence-electron chi connectivity index (χ4n) is 2.22. The van der Waals surface area contributed by atoms with Crippen LogP contribution in [0.2, 0.25) is 0 Å². The second-order valence-corrected chi connectivity index (χ2v) is 4.97. The molecule has 0 unspecified atom stereocenters. The van der Waals surface area contributed by atoms with Crippen molar-refractivity contribution in [3.05, 3.63) is 17.5 Å². The molecule has 8 nitrogen and oxygen atoms in total. The van der Waals surface area contributed by atoms with Crippen molar-refractivity contribution in [3.63, 3.8) is 0 Å². The summed E-state index contributed by atoms with van der Waals surface area (Å²) in [7, 11) is 1.61. The van der Waals surface area contributed by atoms with Crippen molar-refractivity contribution in [2.75, 3.05) is 46.0 Å². The maximum atomic E-state index is 12.1. The van der Waals surface area contributed by atoms with E-state index in [2.05, 4.69) is 15.3 Å². The van der Waals surface area contributed by atoms with Crippen molar-refractivity contribution in [2.24, 2.45) is 7.05 Å². The predicted molar refractivity (Wildman–Crippen MR) is 78.8 cm³/mol. The second kappa shape index (κ2) is 7.90. The van der Waals surface area contributed by atoms with Gasteiger partial charge in [-0.2, -0.15) is 5.10 Å². The van der Waals surface area contributed by atoms with Gasteiger partial charge < -0.3 is 14.8 Å². The first-order chi connectivity index (χ1) is 10.6. The third-order valence-corrected chi connectivity index (χ3v) is 3.41. The molecule has 2 rings (SSSR count). The van der Waals surface area contributed by atoms with Gasteiger partial charge in [-0.05, 0) is 6.92 Å². The average Bonchev–Trinajstić information content (AvgIpc) is 2.91. The first-order valence-corrected chi connectivity index (χ1v) is 7.41. The average molecular weight is 310 g/mol. The highest BCUT2D eigenvalue weighted by atomic mass is 16.5. The molecule has 1 amide bonds. The van der Waals surface area contributed by atoms with E-state index in [4.69, 9.17) is 9.47 Å². The summed E-state index contributed by atoms with van der Waals surface area (Å²) in [5.41, 5.74) is 0.479. The van der Waals surface area contributed by atoms with Crippen LogP contribution in [-0.4, -0.2) is 72.6 Å². The molecule has 1 aliphatic rings. The number of esters is 1. The fraction of sp³-hybridized carbons (Fsp3) is 0.643. The number of nitrogens with zero attached hydrogens (tertiary/aromatic N) is 3. The van der Waals surface area contributed by atoms with Crippen LogP contribution in [0.25, 0.3) is 0 Å². The van der Waals surface area contributed by atoms with Crippen molar-refractivity contribution >= 4 is 11.9 Å². The molecule has 0 radical (unpaired) electrons. The van der Waals surface area contributed by atoms with Crippen LogP contribution in [0.15, 0.2) is 6.07 Å². The first kappa shape index (κ1) is 16.4. The van der Waals surface area contributed by atoms with E-state index in [1.807, 2.05) is 0 Å². The largest absolute Gasteiger partial charge is 0.461 e. The molecule has 8 heteroatoms. The van der Waals surface area contributed by atoms with Gasteiger partial charge in [0.05, 0.1) is 19.8 Å². The molecule has 1 aliphatic heterocycles. The van der Waals surface area contributed by atoms with E-state index in [9.17, 15) is 9.59 Å². The molecule has 0 aromatic carbocycles. The molecular formula is C14H22N4O4. The molecule has 22 heavy (non-hydrogen) atoms. The number of amides is 1. The summed E-state index contributed by atoms with van der Waals surface area (Å²) < 4.78 is 11.5. The van der Waals surface area contributed by atoms with Gasteiger partial charge in [0.1, 0.15) is 5.69 Å². The Hall–Kier alpha value is -1.93. The molecule has 0 atom stereocenters. The van der Waals surface area contributed by atoms with Gasteiger partial charge in [-0.15, -0.1) is 0 Å². The van der Waals surface area contributed by atoms with E-state index in [0.717, 1.165) is 32.8 Å². The van der Waals surface area contributed by atoms with E-state index in [0.29, 0.717) is 6.54 Å². The molecule has 1 fully saturated rings. The highest BCUT2D eigenvalue weighted by molar-refractivity contribution is 5.95. The minimum Gasteiger partial charge on any atom is -0.461 e. The zero-order valence-corrected chi connectivity index (χ0v) is 13.0. The van der Waals surface area contributed by atoms with Crippen molar-refractivity contribution in [2.45, 2.75) is 6.92 Å². The van der Waals surface area contributed by atoms with Gasteiger partial charge in [0.25, 0.3) is 5.91 Å². The van der Waals surface area contributed by atoms with Crippen molar-refractivity contribution in [1.82, 2.24) is 20.0 Å². The summed E-state index contributed by atoms with van der Waals surface area (Å²) in [5, 5.41) is 6.86. The third-order valence-electron chi connectivity index (χ3n) is 3.41. The topological polar surface area (TPSA) is 85.7 Å². The number of carbonyl (C=O) groups excluding carboxylic acids is 2. The minimum absolute atomic E-state index is 0.215. The van der Waals surface area contributed by atoms with Gasteiger partial charge in [0.2, 0.25) is 0 Å². The van der Waals surface area contributed by atoms with Gasteiger partial charge in [-0.25, -0.2) is 4.79 Å². The summed E-state index contributed by atoms with van der Waals surface area (Å²) in [6, 6.07) is 1.45. The molecule has 1 N–H and O–H groups in total. The van der Waals surface area contributed by atoms with Crippen molar-refractivity contribution < 1.29 is 19.1 Å². The molecule has 1 aromatic heterocycles. The van der Waals surface area contributed by atoms with Gasteiger partial charge in [0.15, 0.2) is 5.69 Å². The van der Waals surface area contributed by atoms with E-state index in [1.165, 1.54) is 10.7 Å². The highest BCUT2D eigenvalue weighted by Crippen LogP contribution is 2.05. The van der Waals surface area contributed by atoms with Crippen LogP contribution in [0.1, 0.15) is 27.9 Å². The number of nitrogens with one attached hydrogen (secondary N) is 1. The number of hydrogen-bond donors (Lipinski definition) is 1. The summed E-state index contributed by atoms with van der Waals surface area (Å²) in [6.07, 6.45) is 0. The van der Waals surface area contributed by atoms with Gasteiger partial charge >= 0.3 is 5.97 Å². The van der Waals surface area contributed by atoms with Crippen LogP contribution >= 0.6 is 0 Å². The lowest BCUT2D eigenvalue weighted by Gasteiger charge is -2.26. The molecule has 0 bridgehead atoms. The Morgan fingerprint density at radius 2 is 2.14 bits per heavy atom. The van der Waals surface area contributed by atoms with E-state index < -0.39 is 5.97 Å². The highest BCUT2D eigenvalue weighted by Gasteiger charge is 2.18. The number of carbonyl (C=O) groups is 2. The SMILES string of the molecule is CCOC(=O)c1cc(C(=O)NCCN2CCOCC2)nn1C. The Labute approximate surface area is 129 Å². The molecule has 1 aromatic rings. The maximum Gasteiger partial charge on any atom is 0.356 e. The lowest BCUT2D eigenvalue weighted by Crippen LogP contribution is -2.41. The van der Waals surface area contributed by atoms with Crippen LogP contribution < -0.4 is 5.32 Å². The number of aromatic nitrogens is 2. The fourth-order valence-corrected chi connectivity index (χ4v) is 2.22. The molecule has 122 valence electrons. The van der Waals surface area contributed by atoms with Crippen LogP contribution in [0, 0.1) is 0 Å². The molecule has 0 aliphatic carbocycles. The maximum absolute atomic E-state index is 12.1. The van der Waals surface area contributed by atoms with E-state index in [1.54, 1.807) is 14.0 Å². The predicted octanol–water partition coefficient (Wildman–Crippen LogP) is -0.341. The van der Waals surface area contributed by atoms with Crippen molar-refractivity contribution in [3.8, 4) is 0 Å². The quantitative estimate of drug-likeness (QED) is 0.724. The number of aryl methyl sites for hydroxylation is 1. The second-order valence-electron chi connectivity index (χ2n) is 4.97. The molecule has 0 spiro atoms. The lowest BCUT2D eigenvalue weighted by molar-refractivity contribution is 0.0383. The Balaban J connectivity index is 1.84. The number of rotatable bonds is 6. The lowest BCUT2D eigenvalue weighted by atomic mass is 10.3. The molecule has 0 saturated carbocycles. The third kappa shape index (κ3) is 4.28. The monoisotopic (exact) mass is 310 g/mol. The molecule has 2 heterocycles. The van der Waals surface area contributed by atoms with E-state index in [-0.39, 0.29) is 23.9 Å². The minimum atomic E-state index is -0.482. The Morgan fingerprint density at radius 1 is 1.41 bits per heavy atom. The molecule has 1 saturated heterocycles. The van der Waals surface area contributed by atoms with Gasteiger partial charge in [0, 0.05) is 39.3 Å². The standard InChI is InChI=1S/C14H22N4O4/c1-3-22-14(20)12-10-11(16-17(12)2)13(19)15-4-5-18-6-8-21-9-7-18/h10H,3-9H2,1-2H3,(H,15,19). The van der Waals surface area contributed by atoms with Crippen LogP contribution in [-0.2, 0) is 16.5 Å².